The smallest absolute Gasteiger partial charge is 0.396 e. The number of aromatic amines is 1. The number of anilines is 1. The first-order valence-electron chi connectivity index (χ1n) is 3.89. The molecule has 0 aliphatic heterocycles. The highest BCUT2D eigenvalue weighted by Crippen LogP contribution is 2.23. The van der Waals surface area contributed by atoms with Crippen molar-refractivity contribution in [1.29, 1.82) is 0 Å². The zero-order valence-corrected chi connectivity index (χ0v) is 7.25. The lowest BCUT2D eigenvalue weighted by Gasteiger charge is -2.01. The maximum atomic E-state index is 13.3. The Bertz CT molecular complexity index is 561. The van der Waals surface area contributed by atoms with Gasteiger partial charge in [0.1, 0.15) is 0 Å². The molecule has 0 bridgehead atoms. The molecule has 0 aliphatic carbocycles. The molecule has 0 radical (unpaired) electrons. The Kier molecular flexibility index (Phi) is 2.00. The Morgan fingerprint density at radius 3 is 2.67 bits per heavy atom. The normalized spacial score (nSPS) is 10.5. The Balaban J connectivity index is 2.64. The monoisotopic (exact) mass is 213 g/mol. The predicted octanol–water partition coefficient (Wildman–Crippen LogP) is 0.890. The molecule has 0 aliphatic rings. The molecular formula is C8H5F2N3O2. The fourth-order valence-corrected chi connectivity index (χ4v) is 1.09. The minimum Gasteiger partial charge on any atom is -0.396 e. The van der Waals surface area contributed by atoms with E-state index in [1.165, 1.54) is 12.1 Å². The summed E-state index contributed by atoms with van der Waals surface area (Å²) in [5, 5.41) is 3.23. The van der Waals surface area contributed by atoms with E-state index in [0.717, 1.165) is 0 Å². The lowest BCUT2D eigenvalue weighted by atomic mass is 10.1. The first-order chi connectivity index (χ1) is 7.09. The van der Waals surface area contributed by atoms with Crippen molar-refractivity contribution in [3.63, 3.8) is 0 Å². The maximum absolute atomic E-state index is 13.3. The van der Waals surface area contributed by atoms with E-state index in [1.54, 1.807) is 0 Å². The molecule has 78 valence electrons. The third-order valence-electron chi connectivity index (χ3n) is 1.81. The third kappa shape index (κ3) is 1.47. The average molecular weight is 213 g/mol. The van der Waals surface area contributed by atoms with Gasteiger partial charge in [0.2, 0.25) is 0 Å². The number of halogens is 2. The Morgan fingerprint density at radius 1 is 1.33 bits per heavy atom. The third-order valence-corrected chi connectivity index (χ3v) is 1.81. The van der Waals surface area contributed by atoms with Crippen LogP contribution >= 0.6 is 0 Å². The summed E-state index contributed by atoms with van der Waals surface area (Å²) in [7, 11) is 0. The lowest BCUT2D eigenvalue weighted by Crippen LogP contribution is -1.99. The summed E-state index contributed by atoms with van der Waals surface area (Å²) < 4.78 is 30.5. The minimum absolute atomic E-state index is 0.184. The Labute approximate surface area is 81.5 Å². The topological polar surface area (TPSA) is 84.9 Å². The minimum atomic E-state index is -1.18. The molecule has 0 unspecified atom stereocenters. The fourth-order valence-electron chi connectivity index (χ4n) is 1.09. The van der Waals surface area contributed by atoms with E-state index in [0.29, 0.717) is 0 Å². The Hall–Kier alpha value is -2.18. The van der Waals surface area contributed by atoms with Gasteiger partial charge in [0.05, 0.1) is 11.3 Å². The van der Waals surface area contributed by atoms with E-state index >= 15 is 0 Å². The van der Waals surface area contributed by atoms with Gasteiger partial charge in [-0.25, -0.2) is 13.6 Å². The van der Waals surface area contributed by atoms with Gasteiger partial charge < -0.3 is 5.73 Å². The van der Waals surface area contributed by atoms with E-state index in [4.69, 9.17) is 5.73 Å². The molecule has 1 heterocycles. The van der Waals surface area contributed by atoms with Gasteiger partial charge >= 0.3 is 5.76 Å². The van der Waals surface area contributed by atoms with Crippen molar-refractivity contribution >= 4 is 5.69 Å². The van der Waals surface area contributed by atoms with Crippen LogP contribution in [0, 0.1) is 11.6 Å². The quantitative estimate of drug-likeness (QED) is 0.689. The summed E-state index contributed by atoms with van der Waals surface area (Å²) >= 11 is 0. The largest absolute Gasteiger partial charge is 0.439 e. The number of benzene rings is 1. The molecule has 0 spiro atoms. The van der Waals surface area contributed by atoms with Crippen LogP contribution in [0.4, 0.5) is 14.5 Å². The molecule has 1 aromatic carbocycles. The average Bonchev–Trinajstić information content (AvgIpc) is 2.61. The summed E-state index contributed by atoms with van der Waals surface area (Å²) in [5.41, 5.74) is 4.61. The number of hydrogen-bond acceptors (Lipinski definition) is 4. The van der Waals surface area contributed by atoms with Crippen LogP contribution in [-0.2, 0) is 0 Å². The van der Waals surface area contributed by atoms with Crippen LogP contribution in [0.25, 0.3) is 11.4 Å². The van der Waals surface area contributed by atoms with Gasteiger partial charge in [-0.2, -0.15) is 0 Å². The van der Waals surface area contributed by atoms with Crippen molar-refractivity contribution in [2.24, 2.45) is 0 Å². The molecule has 7 heteroatoms. The van der Waals surface area contributed by atoms with Crippen molar-refractivity contribution in [3.8, 4) is 11.4 Å². The van der Waals surface area contributed by atoms with Crippen LogP contribution in [0.15, 0.2) is 21.5 Å². The maximum Gasteiger partial charge on any atom is 0.439 e. The molecule has 0 atom stereocenters. The van der Waals surface area contributed by atoms with Crippen molar-refractivity contribution in [1.82, 2.24) is 10.1 Å². The highest BCUT2D eigenvalue weighted by Gasteiger charge is 2.15. The van der Waals surface area contributed by atoms with Crippen LogP contribution in [0.2, 0.25) is 0 Å². The molecule has 0 saturated carbocycles. The first-order valence-corrected chi connectivity index (χ1v) is 3.89. The van der Waals surface area contributed by atoms with Gasteiger partial charge in [0, 0.05) is 0 Å². The van der Waals surface area contributed by atoms with Crippen molar-refractivity contribution in [3.05, 3.63) is 34.3 Å². The number of nitrogens with one attached hydrogen (secondary N) is 1. The summed E-state index contributed by atoms with van der Waals surface area (Å²) in [6.45, 7) is 0. The SMILES string of the molecule is Nc1ccc(-c2noc(=O)[nH]2)c(F)c1F. The van der Waals surface area contributed by atoms with Crippen LogP contribution in [0.3, 0.4) is 0 Å². The van der Waals surface area contributed by atoms with E-state index in [2.05, 4.69) is 14.7 Å². The molecule has 15 heavy (non-hydrogen) atoms. The van der Waals surface area contributed by atoms with E-state index in [-0.39, 0.29) is 17.1 Å². The summed E-state index contributed by atoms with van der Waals surface area (Å²) in [6.07, 6.45) is 0. The van der Waals surface area contributed by atoms with Crippen molar-refractivity contribution in [2.45, 2.75) is 0 Å². The first kappa shape index (κ1) is 9.38. The lowest BCUT2D eigenvalue weighted by molar-refractivity contribution is 0.387. The van der Waals surface area contributed by atoms with E-state index < -0.39 is 17.4 Å². The van der Waals surface area contributed by atoms with Gasteiger partial charge in [-0.1, -0.05) is 5.16 Å². The molecule has 0 amide bonds. The number of H-pyrrole nitrogens is 1. The molecule has 1 aromatic heterocycles. The zero-order chi connectivity index (χ0) is 11.0. The number of hydrogen-bond donors (Lipinski definition) is 2. The molecular weight excluding hydrogens is 208 g/mol. The van der Waals surface area contributed by atoms with Crippen LogP contribution in [0.5, 0.6) is 0 Å². The molecule has 2 rings (SSSR count). The predicted molar refractivity (Wildman–Crippen MR) is 46.9 cm³/mol. The highest BCUT2D eigenvalue weighted by atomic mass is 19.2. The van der Waals surface area contributed by atoms with Crippen LogP contribution in [-0.4, -0.2) is 10.1 Å². The molecule has 5 nitrogen and oxygen atoms in total. The number of nitrogen functional groups attached to an aromatic ring is 1. The second-order valence-electron chi connectivity index (χ2n) is 2.77. The number of rotatable bonds is 1. The molecule has 3 N–H and O–H groups in total. The second kappa shape index (κ2) is 3.19. The summed E-state index contributed by atoms with van der Waals surface area (Å²) in [6, 6.07) is 2.36. The second-order valence-corrected chi connectivity index (χ2v) is 2.77. The van der Waals surface area contributed by atoms with E-state index in [1.807, 2.05) is 0 Å². The molecule has 0 fully saturated rings. The van der Waals surface area contributed by atoms with Gasteiger partial charge in [-0.15, -0.1) is 0 Å². The van der Waals surface area contributed by atoms with Crippen LogP contribution in [0.1, 0.15) is 0 Å². The van der Waals surface area contributed by atoms with Crippen molar-refractivity contribution < 1.29 is 13.3 Å². The van der Waals surface area contributed by atoms with E-state index in [9.17, 15) is 13.6 Å². The number of aromatic nitrogens is 2. The van der Waals surface area contributed by atoms with Gasteiger partial charge in [0.25, 0.3) is 0 Å². The zero-order valence-electron chi connectivity index (χ0n) is 7.25. The molecule has 2 aromatic rings. The van der Waals surface area contributed by atoms with Crippen molar-refractivity contribution in [2.75, 3.05) is 5.73 Å². The van der Waals surface area contributed by atoms with Crippen LogP contribution < -0.4 is 11.5 Å². The van der Waals surface area contributed by atoms with Gasteiger partial charge in [-0.05, 0) is 12.1 Å². The number of nitrogens with two attached hydrogens (primary N) is 1. The van der Waals surface area contributed by atoms with Gasteiger partial charge in [-0.3, -0.25) is 9.51 Å². The molecule has 0 saturated heterocycles. The Morgan fingerprint density at radius 2 is 2.07 bits per heavy atom. The highest BCUT2D eigenvalue weighted by molar-refractivity contribution is 5.59. The summed E-state index contributed by atoms with van der Waals surface area (Å²) in [5.74, 6) is -3.39. The number of nitrogens with zero attached hydrogens (tertiary/aromatic N) is 1. The summed E-state index contributed by atoms with van der Waals surface area (Å²) in [4.78, 5) is 12.7. The standard InChI is InChI=1S/C8H5F2N3O2/c9-5-3(1-2-4(11)6(5)10)7-12-8(14)15-13-7/h1-2H,11H2,(H,12,13,14). The fraction of sp³-hybridized carbons (Fsp3) is 0. The van der Waals surface area contributed by atoms with Gasteiger partial charge in [0.15, 0.2) is 17.5 Å².